The van der Waals surface area contributed by atoms with E-state index in [1.54, 1.807) is 0 Å². The van der Waals surface area contributed by atoms with Crippen LogP contribution in [0.15, 0.2) is 0 Å². The van der Waals surface area contributed by atoms with Crippen LogP contribution in [0.1, 0.15) is 53.9 Å². The lowest BCUT2D eigenvalue weighted by molar-refractivity contribution is 0.468. The molecule has 0 nitrogen and oxygen atoms in total. The third-order valence-electron chi connectivity index (χ3n) is 3.78. The van der Waals surface area contributed by atoms with E-state index in [0.29, 0.717) is 5.41 Å². The maximum Gasteiger partial charge on any atom is -0.0292 e. The van der Waals surface area contributed by atoms with Crippen LogP contribution in [0.4, 0.5) is 0 Å². The van der Waals surface area contributed by atoms with Crippen molar-refractivity contribution < 1.29 is 0 Å². The lowest BCUT2D eigenvalue weighted by Gasteiger charge is -2.04. The Morgan fingerprint density at radius 3 is 2.08 bits per heavy atom. The molecule has 0 amide bonds. The molecule has 0 aromatic heterocycles. The van der Waals surface area contributed by atoms with Crippen LogP contribution in [0.25, 0.3) is 0 Å². The lowest BCUT2D eigenvalue weighted by atomic mass is 10.0. The first kappa shape index (κ1) is 10.1. The van der Waals surface area contributed by atoms with Crippen molar-refractivity contribution in [2.45, 2.75) is 53.9 Å². The highest BCUT2D eigenvalue weighted by atomic mass is 14.6. The van der Waals surface area contributed by atoms with Crippen LogP contribution in [-0.2, 0) is 0 Å². The van der Waals surface area contributed by atoms with Gasteiger partial charge >= 0.3 is 0 Å². The van der Waals surface area contributed by atoms with Gasteiger partial charge in [-0.25, -0.2) is 0 Å². The van der Waals surface area contributed by atoms with Gasteiger partial charge < -0.3 is 0 Å². The van der Waals surface area contributed by atoms with E-state index >= 15 is 0 Å². The summed E-state index contributed by atoms with van der Waals surface area (Å²) in [4.78, 5) is 0. The molecular formula is C12H24. The second-order valence-electron chi connectivity index (χ2n) is 5.41. The van der Waals surface area contributed by atoms with Crippen LogP contribution in [0, 0.1) is 23.2 Å². The molecule has 0 spiro atoms. The minimum atomic E-state index is 0.670. The zero-order valence-electron chi connectivity index (χ0n) is 9.35. The maximum atomic E-state index is 2.44. The molecule has 0 bridgehead atoms. The molecule has 0 heteroatoms. The van der Waals surface area contributed by atoms with Crippen LogP contribution in [0.5, 0.6) is 0 Å². The minimum Gasteiger partial charge on any atom is -0.0651 e. The third kappa shape index (κ3) is 1.84. The van der Waals surface area contributed by atoms with E-state index in [2.05, 4.69) is 34.6 Å². The fourth-order valence-electron chi connectivity index (χ4n) is 2.75. The molecule has 2 unspecified atom stereocenters. The maximum absolute atomic E-state index is 2.44. The Labute approximate surface area is 77.7 Å². The van der Waals surface area contributed by atoms with Gasteiger partial charge in [0.25, 0.3) is 0 Å². The third-order valence-corrected chi connectivity index (χ3v) is 3.78. The van der Waals surface area contributed by atoms with Gasteiger partial charge in [-0.15, -0.1) is 0 Å². The molecule has 0 N–H and O–H groups in total. The van der Waals surface area contributed by atoms with Crippen molar-refractivity contribution in [3.05, 3.63) is 0 Å². The molecule has 72 valence electrons. The first-order valence-corrected chi connectivity index (χ1v) is 5.50. The second-order valence-corrected chi connectivity index (χ2v) is 5.41. The molecule has 1 rings (SSSR count). The number of hydrogen-bond acceptors (Lipinski definition) is 0. The Morgan fingerprint density at radius 2 is 1.75 bits per heavy atom. The van der Waals surface area contributed by atoms with Gasteiger partial charge in [-0.2, -0.15) is 0 Å². The summed E-state index contributed by atoms with van der Waals surface area (Å²) in [5, 5.41) is 0. The highest BCUT2D eigenvalue weighted by Gasteiger charge is 2.55. The summed E-state index contributed by atoms with van der Waals surface area (Å²) < 4.78 is 0. The van der Waals surface area contributed by atoms with Crippen molar-refractivity contribution >= 4 is 0 Å². The molecule has 0 aliphatic heterocycles. The van der Waals surface area contributed by atoms with Crippen LogP contribution >= 0.6 is 0 Å². The summed E-state index contributed by atoms with van der Waals surface area (Å²) >= 11 is 0. The molecule has 12 heavy (non-hydrogen) atoms. The van der Waals surface area contributed by atoms with Gasteiger partial charge in [0, 0.05) is 0 Å². The highest BCUT2D eigenvalue weighted by molar-refractivity contribution is 5.03. The topological polar surface area (TPSA) is 0 Å². The van der Waals surface area contributed by atoms with Crippen molar-refractivity contribution in [1.29, 1.82) is 0 Å². The first-order valence-electron chi connectivity index (χ1n) is 5.50. The number of rotatable bonds is 4. The van der Waals surface area contributed by atoms with E-state index in [1.807, 2.05) is 0 Å². The normalized spacial score (nSPS) is 32.5. The lowest BCUT2D eigenvalue weighted by Crippen LogP contribution is -1.93. The standard InChI is InChI=1S/C12H24/c1-6-10-11(12(10,4)5)8-7-9(2)3/h9-11H,6-8H2,1-5H3. The smallest absolute Gasteiger partial charge is 0.0292 e. The first-order chi connectivity index (χ1) is 5.50. The monoisotopic (exact) mass is 168 g/mol. The zero-order chi connectivity index (χ0) is 9.35. The van der Waals surface area contributed by atoms with E-state index in [1.165, 1.54) is 19.3 Å². The molecule has 2 atom stereocenters. The molecule has 0 radical (unpaired) electrons. The fourth-order valence-corrected chi connectivity index (χ4v) is 2.75. The van der Waals surface area contributed by atoms with E-state index in [4.69, 9.17) is 0 Å². The van der Waals surface area contributed by atoms with Crippen molar-refractivity contribution in [2.24, 2.45) is 23.2 Å². The number of hydrogen-bond donors (Lipinski definition) is 0. The highest BCUT2D eigenvalue weighted by Crippen LogP contribution is 2.62. The Balaban J connectivity index is 2.28. The SMILES string of the molecule is CCC1C(CCC(C)C)C1(C)C. The van der Waals surface area contributed by atoms with Crippen molar-refractivity contribution in [2.75, 3.05) is 0 Å². The van der Waals surface area contributed by atoms with E-state index in [0.717, 1.165) is 17.8 Å². The van der Waals surface area contributed by atoms with Crippen molar-refractivity contribution in [3.8, 4) is 0 Å². The van der Waals surface area contributed by atoms with E-state index < -0.39 is 0 Å². The van der Waals surface area contributed by atoms with Gasteiger partial charge in [-0.3, -0.25) is 0 Å². The Hall–Kier alpha value is 0. The molecule has 1 saturated carbocycles. The van der Waals surface area contributed by atoms with Crippen LogP contribution in [0.2, 0.25) is 0 Å². The predicted octanol–water partition coefficient (Wildman–Crippen LogP) is 4.10. The average Bonchev–Trinajstić information content (AvgIpc) is 2.48. The van der Waals surface area contributed by atoms with E-state index in [9.17, 15) is 0 Å². The molecule has 1 aliphatic carbocycles. The van der Waals surface area contributed by atoms with Gasteiger partial charge in [-0.05, 0) is 29.6 Å². The summed E-state index contributed by atoms with van der Waals surface area (Å²) in [5.74, 6) is 2.94. The van der Waals surface area contributed by atoms with Crippen molar-refractivity contribution in [1.82, 2.24) is 0 Å². The predicted molar refractivity (Wildman–Crippen MR) is 55.1 cm³/mol. The summed E-state index contributed by atoms with van der Waals surface area (Å²) in [6.45, 7) is 11.9. The molecular weight excluding hydrogens is 144 g/mol. The average molecular weight is 168 g/mol. The summed E-state index contributed by atoms with van der Waals surface area (Å²) in [6, 6.07) is 0. The van der Waals surface area contributed by atoms with Gasteiger partial charge in [0.1, 0.15) is 0 Å². The van der Waals surface area contributed by atoms with E-state index in [-0.39, 0.29) is 0 Å². The Morgan fingerprint density at radius 1 is 1.17 bits per heavy atom. The molecule has 0 saturated heterocycles. The molecule has 0 aromatic carbocycles. The minimum absolute atomic E-state index is 0.670. The zero-order valence-corrected chi connectivity index (χ0v) is 9.35. The largest absolute Gasteiger partial charge is 0.0651 e. The fraction of sp³-hybridized carbons (Fsp3) is 1.00. The van der Waals surface area contributed by atoms with Crippen molar-refractivity contribution in [3.63, 3.8) is 0 Å². The quantitative estimate of drug-likeness (QED) is 0.592. The van der Waals surface area contributed by atoms with Crippen LogP contribution < -0.4 is 0 Å². The summed E-state index contributed by atoms with van der Waals surface area (Å²) in [6.07, 6.45) is 4.27. The van der Waals surface area contributed by atoms with Gasteiger partial charge in [-0.1, -0.05) is 47.5 Å². The van der Waals surface area contributed by atoms with Crippen LogP contribution in [0.3, 0.4) is 0 Å². The van der Waals surface area contributed by atoms with Gasteiger partial charge in [0.2, 0.25) is 0 Å². The Kier molecular flexibility index (Phi) is 2.85. The molecule has 1 fully saturated rings. The summed E-state index contributed by atoms with van der Waals surface area (Å²) in [7, 11) is 0. The molecule has 1 aliphatic rings. The molecule has 0 heterocycles. The van der Waals surface area contributed by atoms with Gasteiger partial charge in [0.05, 0.1) is 0 Å². The summed E-state index contributed by atoms with van der Waals surface area (Å²) in [5.41, 5.74) is 0.670. The van der Waals surface area contributed by atoms with Crippen LogP contribution in [-0.4, -0.2) is 0 Å². The second kappa shape index (κ2) is 3.40. The van der Waals surface area contributed by atoms with Gasteiger partial charge in [0.15, 0.2) is 0 Å². The Bertz CT molecular complexity index is 144. The molecule has 0 aromatic rings.